The number of carbonyl (C=O) groups is 1. The number of anilines is 1. The molecule has 0 saturated carbocycles. The standard InChI is InChI=1S/C15H17NO2S/c1-4-10-12(16)14(15(17)18)19-13(10)11-7-8(2)5-6-9(11)3/h5-7H,4,16H2,1-3H3,(H,17,18). The average Bonchev–Trinajstić information content (AvgIpc) is 2.69. The van der Waals surface area contributed by atoms with E-state index < -0.39 is 5.97 Å². The maximum atomic E-state index is 11.2. The fourth-order valence-corrected chi connectivity index (χ4v) is 3.42. The molecule has 0 saturated heterocycles. The lowest BCUT2D eigenvalue weighted by Gasteiger charge is -2.07. The Balaban J connectivity index is 2.71. The van der Waals surface area contributed by atoms with Crippen molar-refractivity contribution in [3.8, 4) is 10.4 Å². The molecule has 3 nitrogen and oxygen atoms in total. The lowest BCUT2D eigenvalue weighted by atomic mass is 10.00. The van der Waals surface area contributed by atoms with Crippen molar-refractivity contribution in [2.24, 2.45) is 0 Å². The monoisotopic (exact) mass is 275 g/mol. The van der Waals surface area contributed by atoms with Gasteiger partial charge in [-0.05, 0) is 37.0 Å². The first kappa shape index (κ1) is 13.6. The van der Waals surface area contributed by atoms with Gasteiger partial charge in [0.2, 0.25) is 0 Å². The SMILES string of the molecule is CCc1c(-c2cc(C)ccc2C)sc(C(=O)O)c1N. The Morgan fingerprint density at radius 1 is 1.37 bits per heavy atom. The lowest BCUT2D eigenvalue weighted by Crippen LogP contribution is -1.99. The first-order valence-corrected chi connectivity index (χ1v) is 6.99. The molecule has 100 valence electrons. The van der Waals surface area contributed by atoms with Gasteiger partial charge in [-0.25, -0.2) is 4.79 Å². The average molecular weight is 275 g/mol. The summed E-state index contributed by atoms with van der Waals surface area (Å²) in [6, 6.07) is 6.20. The molecular formula is C15H17NO2S. The fourth-order valence-electron chi connectivity index (χ4n) is 2.19. The van der Waals surface area contributed by atoms with Gasteiger partial charge in [0, 0.05) is 4.88 Å². The second-order valence-electron chi connectivity index (χ2n) is 4.63. The van der Waals surface area contributed by atoms with Crippen LogP contribution in [-0.2, 0) is 6.42 Å². The number of aryl methyl sites for hydroxylation is 2. The van der Waals surface area contributed by atoms with Crippen molar-refractivity contribution < 1.29 is 9.90 Å². The van der Waals surface area contributed by atoms with Gasteiger partial charge >= 0.3 is 5.97 Å². The van der Waals surface area contributed by atoms with E-state index in [9.17, 15) is 9.90 Å². The molecule has 0 fully saturated rings. The molecule has 1 heterocycles. The number of hydrogen-bond acceptors (Lipinski definition) is 3. The number of hydrogen-bond donors (Lipinski definition) is 2. The van der Waals surface area contributed by atoms with Gasteiger partial charge < -0.3 is 10.8 Å². The Labute approximate surface area is 116 Å². The summed E-state index contributed by atoms with van der Waals surface area (Å²) in [5, 5.41) is 9.20. The lowest BCUT2D eigenvalue weighted by molar-refractivity contribution is 0.0703. The van der Waals surface area contributed by atoms with Crippen LogP contribution in [-0.4, -0.2) is 11.1 Å². The predicted molar refractivity (Wildman–Crippen MR) is 80.0 cm³/mol. The van der Waals surface area contributed by atoms with Crippen LogP contribution >= 0.6 is 11.3 Å². The van der Waals surface area contributed by atoms with Crippen LogP contribution in [0.25, 0.3) is 10.4 Å². The van der Waals surface area contributed by atoms with Crippen molar-refractivity contribution in [1.82, 2.24) is 0 Å². The molecule has 2 rings (SSSR count). The van der Waals surface area contributed by atoms with Crippen molar-refractivity contribution in [2.75, 3.05) is 5.73 Å². The van der Waals surface area contributed by atoms with E-state index in [4.69, 9.17) is 5.73 Å². The Kier molecular flexibility index (Phi) is 3.62. The van der Waals surface area contributed by atoms with Gasteiger partial charge in [-0.1, -0.05) is 30.7 Å². The van der Waals surface area contributed by atoms with Crippen molar-refractivity contribution in [2.45, 2.75) is 27.2 Å². The van der Waals surface area contributed by atoms with Crippen LogP contribution < -0.4 is 5.73 Å². The molecule has 0 atom stereocenters. The van der Waals surface area contributed by atoms with Crippen LogP contribution in [0.2, 0.25) is 0 Å². The van der Waals surface area contributed by atoms with Gasteiger partial charge in [0.25, 0.3) is 0 Å². The van der Waals surface area contributed by atoms with Crippen LogP contribution in [0.3, 0.4) is 0 Å². The molecule has 0 radical (unpaired) electrons. The maximum absolute atomic E-state index is 11.2. The molecule has 0 aliphatic carbocycles. The van der Waals surface area contributed by atoms with Crippen molar-refractivity contribution in [1.29, 1.82) is 0 Å². The van der Waals surface area contributed by atoms with E-state index >= 15 is 0 Å². The molecule has 0 aliphatic heterocycles. The molecule has 19 heavy (non-hydrogen) atoms. The Bertz CT molecular complexity index is 644. The first-order chi connectivity index (χ1) is 8.95. The van der Waals surface area contributed by atoms with E-state index in [0.717, 1.165) is 33.6 Å². The number of thiophene rings is 1. The van der Waals surface area contributed by atoms with E-state index in [0.29, 0.717) is 5.69 Å². The summed E-state index contributed by atoms with van der Waals surface area (Å²) >= 11 is 1.27. The molecular weight excluding hydrogens is 258 g/mol. The highest BCUT2D eigenvalue weighted by atomic mass is 32.1. The maximum Gasteiger partial charge on any atom is 0.348 e. The number of rotatable bonds is 3. The van der Waals surface area contributed by atoms with E-state index in [1.807, 2.05) is 20.8 Å². The Morgan fingerprint density at radius 2 is 2.05 bits per heavy atom. The van der Waals surface area contributed by atoms with Crippen LogP contribution in [0.1, 0.15) is 33.3 Å². The van der Waals surface area contributed by atoms with Crippen LogP contribution in [0.4, 0.5) is 5.69 Å². The third kappa shape index (κ3) is 2.36. The first-order valence-electron chi connectivity index (χ1n) is 6.17. The number of aromatic carboxylic acids is 1. The Morgan fingerprint density at radius 3 is 2.63 bits per heavy atom. The zero-order valence-electron chi connectivity index (χ0n) is 11.3. The fraction of sp³-hybridized carbons (Fsp3) is 0.267. The second-order valence-corrected chi connectivity index (χ2v) is 5.65. The quantitative estimate of drug-likeness (QED) is 0.893. The van der Waals surface area contributed by atoms with Gasteiger partial charge in [0.1, 0.15) is 4.88 Å². The van der Waals surface area contributed by atoms with Gasteiger partial charge in [0.15, 0.2) is 0 Å². The highest BCUT2D eigenvalue weighted by Crippen LogP contribution is 2.40. The van der Waals surface area contributed by atoms with Crippen molar-refractivity contribution in [3.05, 3.63) is 39.8 Å². The van der Waals surface area contributed by atoms with E-state index in [1.54, 1.807) is 0 Å². The summed E-state index contributed by atoms with van der Waals surface area (Å²) in [5.74, 6) is -0.950. The largest absolute Gasteiger partial charge is 0.477 e. The van der Waals surface area contributed by atoms with Crippen LogP contribution in [0.15, 0.2) is 18.2 Å². The summed E-state index contributed by atoms with van der Waals surface area (Å²) in [6.45, 7) is 6.06. The number of benzene rings is 1. The highest BCUT2D eigenvalue weighted by molar-refractivity contribution is 7.18. The number of carboxylic acids is 1. The second kappa shape index (κ2) is 5.05. The smallest absolute Gasteiger partial charge is 0.348 e. The minimum atomic E-state index is -0.950. The van der Waals surface area contributed by atoms with Gasteiger partial charge in [-0.15, -0.1) is 11.3 Å². The molecule has 0 amide bonds. The molecule has 3 N–H and O–H groups in total. The number of carboxylic acid groups (broad SMARTS) is 1. The summed E-state index contributed by atoms with van der Waals surface area (Å²) in [6.07, 6.45) is 0.734. The minimum Gasteiger partial charge on any atom is -0.477 e. The molecule has 0 unspecified atom stereocenters. The summed E-state index contributed by atoms with van der Waals surface area (Å²) in [5.41, 5.74) is 10.7. The summed E-state index contributed by atoms with van der Waals surface area (Å²) in [4.78, 5) is 12.4. The van der Waals surface area contributed by atoms with E-state index in [2.05, 4.69) is 18.2 Å². The minimum absolute atomic E-state index is 0.243. The van der Waals surface area contributed by atoms with Crippen LogP contribution in [0, 0.1) is 13.8 Å². The topological polar surface area (TPSA) is 63.3 Å². The van der Waals surface area contributed by atoms with E-state index in [1.165, 1.54) is 11.3 Å². The molecule has 0 bridgehead atoms. The van der Waals surface area contributed by atoms with Gasteiger partial charge in [-0.2, -0.15) is 0 Å². The zero-order valence-corrected chi connectivity index (χ0v) is 12.1. The third-order valence-electron chi connectivity index (χ3n) is 3.23. The molecule has 0 spiro atoms. The number of nitrogen functional groups attached to an aromatic ring is 1. The van der Waals surface area contributed by atoms with Crippen molar-refractivity contribution in [3.63, 3.8) is 0 Å². The van der Waals surface area contributed by atoms with Crippen LogP contribution in [0.5, 0.6) is 0 Å². The van der Waals surface area contributed by atoms with E-state index in [-0.39, 0.29) is 4.88 Å². The Hall–Kier alpha value is -1.81. The van der Waals surface area contributed by atoms with Gasteiger partial charge in [-0.3, -0.25) is 0 Å². The summed E-state index contributed by atoms with van der Waals surface area (Å²) in [7, 11) is 0. The zero-order chi connectivity index (χ0) is 14.2. The van der Waals surface area contributed by atoms with Gasteiger partial charge in [0.05, 0.1) is 5.69 Å². The highest BCUT2D eigenvalue weighted by Gasteiger charge is 2.21. The predicted octanol–water partition coefficient (Wildman–Crippen LogP) is 3.87. The molecule has 0 aliphatic rings. The molecule has 1 aromatic heterocycles. The normalized spacial score (nSPS) is 10.7. The van der Waals surface area contributed by atoms with Crippen molar-refractivity contribution >= 4 is 23.0 Å². The molecule has 4 heteroatoms. The third-order valence-corrected chi connectivity index (χ3v) is 4.50. The molecule has 2 aromatic rings. The number of nitrogens with two attached hydrogens (primary N) is 1. The summed E-state index contributed by atoms with van der Waals surface area (Å²) < 4.78 is 0. The molecule has 1 aromatic carbocycles.